The highest BCUT2D eigenvalue weighted by molar-refractivity contribution is 5.28. The van der Waals surface area contributed by atoms with E-state index in [4.69, 9.17) is 0 Å². The van der Waals surface area contributed by atoms with Gasteiger partial charge in [0.05, 0.1) is 0 Å². The number of rotatable bonds is 2. The van der Waals surface area contributed by atoms with Crippen molar-refractivity contribution in [2.75, 3.05) is 0 Å². The predicted molar refractivity (Wildman–Crippen MR) is 66.7 cm³/mol. The summed E-state index contributed by atoms with van der Waals surface area (Å²) in [6.45, 7) is 2.32. The molecule has 0 fully saturated rings. The van der Waals surface area contributed by atoms with E-state index in [0.717, 1.165) is 5.92 Å². The van der Waals surface area contributed by atoms with Gasteiger partial charge in [0.15, 0.2) is 0 Å². The van der Waals surface area contributed by atoms with Crippen LogP contribution in [0.5, 0.6) is 0 Å². The van der Waals surface area contributed by atoms with Gasteiger partial charge in [-0.2, -0.15) is 0 Å². The Hall–Kier alpha value is -0.780. The molecule has 82 valence electrons. The van der Waals surface area contributed by atoms with Gasteiger partial charge in [0.2, 0.25) is 0 Å². The van der Waals surface area contributed by atoms with E-state index in [2.05, 4.69) is 37.3 Å². The summed E-state index contributed by atoms with van der Waals surface area (Å²) >= 11 is 0. The molecular weight excluding hydrogens is 180 g/mol. The first-order chi connectivity index (χ1) is 7.40. The van der Waals surface area contributed by atoms with Crippen LogP contribution < -0.4 is 0 Å². The van der Waals surface area contributed by atoms with Gasteiger partial charge in [-0.15, -0.1) is 0 Å². The van der Waals surface area contributed by atoms with Crippen molar-refractivity contribution in [2.24, 2.45) is 11.8 Å². The molecule has 0 N–H and O–H groups in total. The quantitative estimate of drug-likeness (QED) is 0.572. The van der Waals surface area contributed by atoms with Crippen molar-refractivity contribution in [3.63, 3.8) is 0 Å². The van der Waals surface area contributed by atoms with Gasteiger partial charge in [0.25, 0.3) is 0 Å². The molecule has 15 heavy (non-hydrogen) atoms. The molecular formula is C15H22. The summed E-state index contributed by atoms with van der Waals surface area (Å²) in [6, 6.07) is 0. The van der Waals surface area contributed by atoms with Crippen molar-refractivity contribution >= 4 is 0 Å². The van der Waals surface area contributed by atoms with Gasteiger partial charge >= 0.3 is 0 Å². The van der Waals surface area contributed by atoms with Gasteiger partial charge < -0.3 is 0 Å². The molecule has 0 heteroatoms. The lowest BCUT2D eigenvalue weighted by Crippen LogP contribution is -2.02. The normalized spacial score (nSPS) is 31.1. The standard InChI is InChI=1S/C15H22/c1-2-13-7-6-10-15(12-11-13)14-8-4-3-5-9-14/h4,6,8-10,13,15H,2-3,5,7,11-12H2,1H3. The SMILES string of the molecule is CCC1CC=CC(C2=CCCC=C2)CC1. The van der Waals surface area contributed by atoms with Gasteiger partial charge in [-0.05, 0) is 43.6 Å². The molecule has 0 saturated heterocycles. The zero-order chi connectivity index (χ0) is 10.5. The highest BCUT2D eigenvalue weighted by atomic mass is 14.2. The lowest BCUT2D eigenvalue weighted by Gasteiger charge is -2.16. The Morgan fingerprint density at radius 2 is 2.13 bits per heavy atom. The van der Waals surface area contributed by atoms with Crippen LogP contribution in [-0.4, -0.2) is 0 Å². The van der Waals surface area contributed by atoms with E-state index in [1.54, 1.807) is 5.57 Å². The predicted octanol–water partition coefficient (Wildman–Crippen LogP) is 4.65. The maximum Gasteiger partial charge on any atom is 0.00148 e. The monoisotopic (exact) mass is 202 g/mol. The van der Waals surface area contributed by atoms with Crippen LogP contribution in [0.25, 0.3) is 0 Å². The van der Waals surface area contributed by atoms with Crippen molar-refractivity contribution in [3.8, 4) is 0 Å². The summed E-state index contributed by atoms with van der Waals surface area (Å²) in [5.41, 5.74) is 1.56. The molecule has 0 aromatic rings. The highest BCUT2D eigenvalue weighted by Gasteiger charge is 2.16. The minimum absolute atomic E-state index is 0.707. The van der Waals surface area contributed by atoms with Gasteiger partial charge in [-0.25, -0.2) is 0 Å². The minimum atomic E-state index is 0.707. The van der Waals surface area contributed by atoms with E-state index in [9.17, 15) is 0 Å². The third-order valence-electron chi connectivity index (χ3n) is 3.75. The average molecular weight is 202 g/mol. The summed E-state index contributed by atoms with van der Waals surface area (Å²) in [4.78, 5) is 0. The Labute approximate surface area is 93.8 Å². The molecule has 0 heterocycles. The molecule has 0 nitrogen and oxygen atoms in total. The first-order valence-electron chi connectivity index (χ1n) is 6.43. The first-order valence-corrected chi connectivity index (χ1v) is 6.43. The molecule has 2 rings (SSSR count). The Morgan fingerprint density at radius 3 is 2.87 bits per heavy atom. The Kier molecular flexibility index (Phi) is 3.82. The van der Waals surface area contributed by atoms with Crippen LogP contribution in [0, 0.1) is 11.8 Å². The van der Waals surface area contributed by atoms with E-state index in [1.165, 1.54) is 38.5 Å². The minimum Gasteiger partial charge on any atom is -0.0876 e. The smallest absolute Gasteiger partial charge is 0.00148 e. The lowest BCUT2D eigenvalue weighted by atomic mass is 9.89. The molecule has 0 amide bonds. The second kappa shape index (κ2) is 5.34. The Bertz CT molecular complexity index is 280. The maximum atomic E-state index is 2.44. The summed E-state index contributed by atoms with van der Waals surface area (Å²) in [5.74, 6) is 1.64. The van der Waals surface area contributed by atoms with Crippen molar-refractivity contribution < 1.29 is 0 Å². The van der Waals surface area contributed by atoms with Crippen molar-refractivity contribution in [3.05, 3.63) is 36.0 Å². The van der Waals surface area contributed by atoms with Gasteiger partial charge in [0, 0.05) is 5.92 Å². The number of hydrogen-bond acceptors (Lipinski definition) is 0. The van der Waals surface area contributed by atoms with Crippen LogP contribution in [-0.2, 0) is 0 Å². The molecule has 0 aliphatic heterocycles. The molecule has 0 spiro atoms. The largest absolute Gasteiger partial charge is 0.0876 e. The fourth-order valence-electron chi connectivity index (χ4n) is 2.62. The maximum absolute atomic E-state index is 2.44. The summed E-state index contributed by atoms with van der Waals surface area (Å²) in [6.07, 6.45) is 19.8. The third-order valence-corrected chi connectivity index (χ3v) is 3.75. The van der Waals surface area contributed by atoms with E-state index in [-0.39, 0.29) is 0 Å². The molecule has 2 aliphatic rings. The van der Waals surface area contributed by atoms with Gasteiger partial charge in [-0.1, -0.05) is 43.7 Å². The summed E-state index contributed by atoms with van der Waals surface area (Å²) in [5, 5.41) is 0. The Balaban J connectivity index is 1.99. The molecule has 0 radical (unpaired) electrons. The highest BCUT2D eigenvalue weighted by Crippen LogP contribution is 2.30. The van der Waals surface area contributed by atoms with Crippen LogP contribution in [0.1, 0.15) is 45.4 Å². The molecule has 2 aliphatic carbocycles. The van der Waals surface area contributed by atoms with E-state index < -0.39 is 0 Å². The van der Waals surface area contributed by atoms with Crippen LogP contribution in [0.4, 0.5) is 0 Å². The van der Waals surface area contributed by atoms with Crippen LogP contribution in [0.2, 0.25) is 0 Å². The van der Waals surface area contributed by atoms with E-state index in [0.29, 0.717) is 5.92 Å². The van der Waals surface area contributed by atoms with E-state index in [1.807, 2.05) is 0 Å². The summed E-state index contributed by atoms with van der Waals surface area (Å²) in [7, 11) is 0. The number of allylic oxidation sites excluding steroid dienone is 6. The molecule has 0 aromatic heterocycles. The summed E-state index contributed by atoms with van der Waals surface area (Å²) < 4.78 is 0. The lowest BCUT2D eigenvalue weighted by molar-refractivity contribution is 0.452. The molecule has 0 saturated carbocycles. The molecule has 2 atom stereocenters. The Morgan fingerprint density at radius 1 is 1.20 bits per heavy atom. The second-order valence-corrected chi connectivity index (χ2v) is 4.81. The molecule has 0 aromatic carbocycles. The van der Waals surface area contributed by atoms with Crippen molar-refractivity contribution in [1.82, 2.24) is 0 Å². The first kappa shape index (κ1) is 10.7. The zero-order valence-corrected chi connectivity index (χ0v) is 9.78. The van der Waals surface area contributed by atoms with Crippen LogP contribution in [0.3, 0.4) is 0 Å². The zero-order valence-electron chi connectivity index (χ0n) is 9.78. The molecule has 0 bridgehead atoms. The topological polar surface area (TPSA) is 0 Å². The third kappa shape index (κ3) is 2.84. The van der Waals surface area contributed by atoms with Crippen molar-refractivity contribution in [2.45, 2.75) is 45.4 Å². The number of hydrogen-bond donors (Lipinski definition) is 0. The van der Waals surface area contributed by atoms with Gasteiger partial charge in [0.1, 0.15) is 0 Å². The van der Waals surface area contributed by atoms with Gasteiger partial charge in [-0.3, -0.25) is 0 Å². The fraction of sp³-hybridized carbons (Fsp3) is 0.600. The fourth-order valence-corrected chi connectivity index (χ4v) is 2.62. The van der Waals surface area contributed by atoms with E-state index >= 15 is 0 Å². The molecule has 2 unspecified atom stereocenters. The van der Waals surface area contributed by atoms with Crippen LogP contribution in [0.15, 0.2) is 36.0 Å². The van der Waals surface area contributed by atoms with Crippen LogP contribution >= 0.6 is 0 Å². The average Bonchev–Trinajstić information content (AvgIpc) is 2.55. The second-order valence-electron chi connectivity index (χ2n) is 4.81. The van der Waals surface area contributed by atoms with Crippen molar-refractivity contribution in [1.29, 1.82) is 0 Å².